The van der Waals surface area contributed by atoms with Crippen molar-refractivity contribution in [2.45, 2.75) is 86.3 Å². The molecule has 0 unspecified atom stereocenters. The third-order valence-corrected chi connectivity index (χ3v) is 14.6. The van der Waals surface area contributed by atoms with Gasteiger partial charge in [-0.1, -0.05) is 129 Å². The Kier molecular flexibility index (Phi) is 19.1. The molecule has 88 heavy (non-hydrogen) atoms. The monoisotopic (exact) mass is 1180 g/mol. The number of ketones is 8. The molecule has 0 radical (unpaired) electrons. The minimum absolute atomic E-state index is 0.0809. The van der Waals surface area contributed by atoms with Crippen LogP contribution in [0.2, 0.25) is 0 Å². The quantitative estimate of drug-likeness (QED) is 0.0764. The molecule has 0 bridgehead atoms. The predicted octanol–water partition coefficient (Wildman–Crippen LogP) is 11.9. The Balaban J connectivity index is 0.000000140. The number of hydrogen-bond acceptors (Lipinski definition) is 14. The van der Waals surface area contributed by atoms with Crippen molar-refractivity contribution in [2.75, 3.05) is 18.4 Å². The largest absolute Gasteiger partial charge is 0.459 e. The van der Waals surface area contributed by atoms with E-state index in [4.69, 9.17) is 9.47 Å². The number of carbonyl (C=O) groups is 10. The number of hydrogen-bond donors (Lipinski definition) is 3. The summed E-state index contributed by atoms with van der Waals surface area (Å²) in [5, 5.41) is 9.26. The third-order valence-electron chi connectivity index (χ3n) is 14.6. The van der Waals surface area contributed by atoms with E-state index in [1.807, 2.05) is 59.7 Å². The van der Waals surface area contributed by atoms with Crippen LogP contribution in [0.4, 0.5) is 5.69 Å². The smallest absolute Gasteiger partial charge is 0.338 e. The van der Waals surface area contributed by atoms with Crippen molar-refractivity contribution < 1.29 is 57.4 Å². The molecule has 0 aromatic heterocycles. The maximum absolute atomic E-state index is 12.7. The van der Waals surface area contributed by atoms with E-state index in [0.717, 1.165) is 11.3 Å². The second kappa shape index (κ2) is 27.0. The van der Waals surface area contributed by atoms with E-state index >= 15 is 0 Å². The van der Waals surface area contributed by atoms with Gasteiger partial charge in [0, 0.05) is 120 Å². The highest BCUT2D eigenvalue weighted by Crippen LogP contribution is 2.34. The zero-order valence-corrected chi connectivity index (χ0v) is 50.0. The number of rotatable bonds is 12. The summed E-state index contributed by atoms with van der Waals surface area (Å²) in [6.07, 6.45) is -0.124. The molecule has 0 spiro atoms. The summed E-state index contributed by atoms with van der Waals surface area (Å²) in [6, 6.07) is 47.8. The average molecular weight is 1180 g/mol. The fraction of sp³-hybridized carbons (Fsp3) is 0.205. The second-order valence-electron chi connectivity index (χ2n) is 22.4. The van der Waals surface area contributed by atoms with Crippen molar-refractivity contribution in [1.82, 2.24) is 10.6 Å². The second-order valence-corrected chi connectivity index (χ2v) is 22.4. The molecule has 0 saturated heterocycles. The van der Waals surface area contributed by atoms with Gasteiger partial charge >= 0.3 is 5.97 Å². The fourth-order valence-corrected chi connectivity index (χ4v) is 10.5. The molecule has 4 aliphatic carbocycles. The van der Waals surface area contributed by atoms with Crippen LogP contribution in [0.1, 0.15) is 209 Å². The van der Waals surface area contributed by atoms with Gasteiger partial charge in [0.1, 0.15) is 0 Å². The Bertz CT molecular complexity index is 4170. The van der Waals surface area contributed by atoms with Crippen LogP contribution in [0.5, 0.6) is 0 Å². The molecule has 8 aromatic rings. The third kappa shape index (κ3) is 13.3. The fourth-order valence-electron chi connectivity index (χ4n) is 10.5. The lowest BCUT2D eigenvalue weighted by atomic mass is 9.83. The van der Waals surface area contributed by atoms with Crippen LogP contribution in [-0.2, 0) is 16.1 Å². The molecule has 12 rings (SSSR count). The molecule has 0 aliphatic heterocycles. The minimum atomic E-state index is -0.503. The van der Waals surface area contributed by atoms with Gasteiger partial charge in [-0.2, -0.15) is 0 Å². The summed E-state index contributed by atoms with van der Waals surface area (Å²) in [4.78, 5) is 125. The van der Waals surface area contributed by atoms with Crippen molar-refractivity contribution >= 4 is 63.8 Å². The molecule has 15 heteroatoms. The van der Waals surface area contributed by atoms with Crippen molar-refractivity contribution in [2.24, 2.45) is 0 Å². The van der Waals surface area contributed by atoms with Gasteiger partial charge in [-0.25, -0.2) is 4.79 Å². The van der Waals surface area contributed by atoms with Gasteiger partial charge in [-0.3, -0.25) is 43.2 Å². The molecular weight excluding hydrogens is 1110 g/mol. The maximum Gasteiger partial charge on any atom is 0.338 e. The summed E-state index contributed by atoms with van der Waals surface area (Å²) in [7, 11) is 0. The number of amides is 1. The molecule has 444 valence electrons. The molecular formula is C73H65N3O12. The van der Waals surface area contributed by atoms with Gasteiger partial charge in [-0.05, 0) is 102 Å². The Morgan fingerprint density at radius 2 is 0.739 bits per heavy atom. The number of fused-ring (bicyclic) bond motifs is 8. The molecule has 4 aliphatic rings. The molecule has 0 heterocycles. The first-order valence-electron chi connectivity index (χ1n) is 29.0. The molecule has 0 fully saturated rings. The average Bonchev–Trinajstić information content (AvgIpc) is 1.18. The zero-order valence-electron chi connectivity index (χ0n) is 50.0. The number of benzene rings is 8. The number of nitrogens with one attached hydrogen (secondary N) is 3. The number of ether oxygens (including phenoxy) is 2. The summed E-state index contributed by atoms with van der Waals surface area (Å²) in [5.74, 6) is -1.95. The standard InChI is InChI=1S/C20H20N2O3.C18H14O4.C18H16O3.C17H15NO2/c1-12(2)21-9-10-22-20(25)13-7-8-16-17(11-13)19(24)15-6-4-3-5-14(15)18(16)23;1-10(2)22-18(21)11-7-8-14-15(9-11)17(20)13-6-4-3-5-12(13)16(14)19;1-11(2)21-10-12-7-8-15-16(9-12)18(20)14-6-4-3-5-13(14)17(15)19;1-10(2)18-14-9-5-8-13-15(14)17(20)12-7-4-3-6-11(12)16(13)19/h3-8,11-12,21H,9-10H2,1-2H3,(H,22,25);3-10H,1-2H3;3-9,11H,10H2,1-2H3;3-10,18H,1-2H3. The lowest BCUT2D eigenvalue weighted by molar-refractivity contribution is 0.0376. The van der Waals surface area contributed by atoms with Crippen molar-refractivity contribution in [1.29, 1.82) is 0 Å². The molecule has 8 aromatic carbocycles. The molecule has 3 N–H and O–H groups in total. The first-order chi connectivity index (χ1) is 42.1. The van der Waals surface area contributed by atoms with E-state index in [-0.39, 0.29) is 87.1 Å². The van der Waals surface area contributed by atoms with Gasteiger partial charge in [0.25, 0.3) is 5.91 Å². The van der Waals surface area contributed by atoms with Crippen LogP contribution in [0.3, 0.4) is 0 Å². The van der Waals surface area contributed by atoms with Crippen LogP contribution in [0.25, 0.3) is 0 Å². The summed E-state index contributed by atoms with van der Waals surface area (Å²) in [6.45, 7) is 17.1. The Hall–Kier alpha value is -10.2. The highest BCUT2D eigenvalue weighted by Gasteiger charge is 2.34. The first-order valence-corrected chi connectivity index (χ1v) is 29.0. The van der Waals surface area contributed by atoms with E-state index in [9.17, 15) is 47.9 Å². The van der Waals surface area contributed by atoms with Gasteiger partial charge < -0.3 is 25.4 Å². The SMILES string of the molecule is CC(C)NCCNC(=O)c1ccc2c(c1)C(=O)c1ccccc1C2=O.CC(C)Nc1cccc2c1C(=O)c1ccccc1C2=O.CC(C)OC(=O)c1ccc2c(c1)C(=O)c1ccccc1C2=O.CC(C)OCc1ccc2c(c1)C(=O)c1ccccc1C2=O. The lowest BCUT2D eigenvalue weighted by Gasteiger charge is -2.21. The van der Waals surface area contributed by atoms with Gasteiger partial charge in [-0.15, -0.1) is 0 Å². The van der Waals surface area contributed by atoms with E-state index in [1.165, 1.54) is 24.3 Å². The van der Waals surface area contributed by atoms with E-state index in [0.29, 0.717) is 109 Å². The first kappa shape index (κ1) is 62.3. The summed E-state index contributed by atoms with van der Waals surface area (Å²) < 4.78 is 10.7. The van der Waals surface area contributed by atoms with Crippen LogP contribution in [0.15, 0.2) is 170 Å². The van der Waals surface area contributed by atoms with Gasteiger partial charge in [0.05, 0.1) is 29.9 Å². The van der Waals surface area contributed by atoms with E-state index < -0.39 is 5.97 Å². The Morgan fingerprint density at radius 1 is 0.364 bits per heavy atom. The van der Waals surface area contributed by atoms with E-state index in [1.54, 1.807) is 141 Å². The Morgan fingerprint density at radius 3 is 1.17 bits per heavy atom. The van der Waals surface area contributed by atoms with Crippen LogP contribution in [0, 0.1) is 0 Å². The van der Waals surface area contributed by atoms with Crippen molar-refractivity contribution in [3.8, 4) is 0 Å². The number of esters is 1. The molecule has 15 nitrogen and oxygen atoms in total. The topological polar surface area (TPSA) is 225 Å². The van der Waals surface area contributed by atoms with Gasteiger partial charge in [0.15, 0.2) is 46.3 Å². The maximum atomic E-state index is 12.7. The summed E-state index contributed by atoms with van der Waals surface area (Å²) in [5.41, 5.74) is 8.95. The summed E-state index contributed by atoms with van der Waals surface area (Å²) >= 11 is 0. The van der Waals surface area contributed by atoms with Crippen molar-refractivity contribution in [3.63, 3.8) is 0 Å². The lowest BCUT2D eigenvalue weighted by Crippen LogP contribution is -2.34. The number of carbonyl (C=O) groups excluding carboxylic acids is 10. The molecule has 0 atom stereocenters. The zero-order chi connectivity index (χ0) is 63.1. The van der Waals surface area contributed by atoms with Crippen molar-refractivity contribution in [3.05, 3.63) is 276 Å². The predicted molar refractivity (Wildman–Crippen MR) is 334 cm³/mol. The van der Waals surface area contributed by atoms with Crippen LogP contribution in [-0.4, -0.2) is 95.5 Å². The van der Waals surface area contributed by atoms with Crippen LogP contribution >= 0.6 is 0 Å². The number of anilines is 1. The molecule has 1 amide bonds. The normalized spacial score (nSPS) is 13.0. The Labute approximate surface area is 509 Å². The van der Waals surface area contributed by atoms with Gasteiger partial charge in [0.2, 0.25) is 0 Å². The highest BCUT2D eigenvalue weighted by atomic mass is 16.5. The highest BCUT2D eigenvalue weighted by molar-refractivity contribution is 6.32. The van der Waals surface area contributed by atoms with Crippen LogP contribution < -0.4 is 16.0 Å². The van der Waals surface area contributed by atoms with E-state index in [2.05, 4.69) is 16.0 Å². The molecule has 0 saturated carbocycles. The minimum Gasteiger partial charge on any atom is -0.459 e.